The van der Waals surface area contributed by atoms with Crippen molar-refractivity contribution in [2.75, 3.05) is 6.54 Å². The number of hydrogen-bond donors (Lipinski definition) is 1. The van der Waals surface area contributed by atoms with Gasteiger partial charge in [0.2, 0.25) is 18.0 Å². The van der Waals surface area contributed by atoms with E-state index in [1.165, 1.54) is 16.2 Å². The van der Waals surface area contributed by atoms with Gasteiger partial charge < -0.3 is 14.7 Å². The molecule has 1 aromatic carbocycles. The number of amides is 1. The molecule has 0 bridgehead atoms. The van der Waals surface area contributed by atoms with Crippen molar-refractivity contribution in [3.8, 4) is 5.75 Å². The van der Waals surface area contributed by atoms with E-state index in [1.807, 2.05) is 61.4 Å². The Balaban J connectivity index is 1.64. The maximum atomic E-state index is 13.2. The molecule has 3 aromatic rings. The van der Waals surface area contributed by atoms with Crippen LogP contribution in [0.5, 0.6) is 5.75 Å². The second-order valence-electron chi connectivity index (χ2n) is 7.89. The van der Waals surface area contributed by atoms with Crippen LogP contribution in [0.3, 0.4) is 0 Å². The van der Waals surface area contributed by atoms with E-state index in [1.54, 1.807) is 17.5 Å². The minimum atomic E-state index is -0.717. The fourth-order valence-corrected chi connectivity index (χ4v) is 4.55. The summed E-state index contributed by atoms with van der Waals surface area (Å²) in [4.78, 5) is 31.1. The monoisotopic (exact) mass is 451 g/mol. The molecule has 0 radical (unpaired) electrons. The highest BCUT2D eigenvalue weighted by Gasteiger charge is 2.39. The molecule has 4 rings (SSSR count). The molecule has 8 heteroatoms. The Morgan fingerprint density at radius 3 is 2.69 bits per heavy atom. The third-order valence-corrected chi connectivity index (χ3v) is 6.13. The summed E-state index contributed by atoms with van der Waals surface area (Å²) in [5.74, 6) is -1.03. The van der Waals surface area contributed by atoms with Gasteiger partial charge in [0, 0.05) is 18.5 Å². The standard InChI is InChI=1S/C24H25N3O4S/c1-16(2)31-18-8-6-17(7-9-18)21-20(22(28)19-5-3-14-32-19)23(29)24(30)27(21)12-4-11-26-13-10-25-15-26/h3,5-10,13-16,21H,4,11-12H2,1-2H3,(H,28,29). The first-order chi connectivity index (χ1) is 15.5. The predicted molar refractivity (Wildman–Crippen MR) is 118 cm³/mol. The Morgan fingerprint density at radius 1 is 1.28 bits per heavy atom. The average Bonchev–Trinajstić information content (AvgIpc) is 3.52. The number of H-pyrrole nitrogens is 1. The first kappa shape index (κ1) is 21.8. The predicted octanol–water partition coefficient (Wildman–Crippen LogP) is 2.62. The van der Waals surface area contributed by atoms with Crippen LogP contribution in [0.25, 0.3) is 0 Å². The van der Waals surface area contributed by atoms with E-state index in [0.29, 0.717) is 30.1 Å². The quantitative estimate of drug-likeness (QED) is 0.400. The zero-order valence-electron chi connectivity index (χ0n) is 18.0. The van der Waals surface area contributed by atoms with E-state index in [-0.39, 0.29) is 17.5 Å². The third-order valence-electron chi connectivity index (χ3n) is 5.26. The number of thiophene rings is 1. The molecule has 1 aliphatic rings. The van der Waals surface area contributed by atoms with E-state index in [2.05, 4.69) is 4.98 Å². The number of ketones is 1. The number of aromatic amines is 1. The van der Waals surface area contributed by atoms with Crippen LogP contribution in [-0.4, -0.2) is 34.2 Å². The first-order valence-corrected chi connectivity index (χ1v) is 11.4. The molecular weight excluding hydrogens is 426 g/mol. The summed E-state index contributed by atoms with van der Waals surface area (Å²) < 4.78 is 7.68. The summed E-state index contributed by atoms with van der Waals surface area (Å²) in [7, 11) is 0. The SMILES string of the molecule is CC(C)Oc1ccc(C2C(C(=O)c3cccs3)=C([O-])C(=O)N2CCC[n+]2cc[nH]c2)cc1. The molecule has 0 saturated carbocycles. The van der Waals surface area contributed by atoms with Gasteiger partial charge in [0.25, 0.3) is 0 Å². The van der Waals surface area contributed by atoms with Crippen molar-refractivity contribution in [3.63, 3.8) is 0 Å². The Bertz CT molecular complexity index is 1100. The van der Waals surface area contributed by atoms with E-state index in [0.717, 1.165) is 5.56 Å². The number of carbonyl (C=O) groups is 2. The number of aromatic nitrogens is 2. The number of rotatable bonds is 9. The molecule has 0 saturated heterocycles. The summed E-state index contributed by atoms with van der Waals surface area (Å²) in [6.45, 7) is 4.93. The van der Waals surface area contributed by atoms with Crippen molar-refractivity contribution >= 4 is 23.0 Å². The van der Waals surface area contributed by atoms with Crippen LogP contribution in [0.1, 0.15) is 41.5 Å². The molecule has 7 nitrogen and oxygen atoms in total. The summed E-state index contributed by atoms with van der Waals surface area (Å²) in [5.41, 5.74) is 0.735. The van der Waals surface area contributed by atoms with Crippen molar-refractivity contribution in [1.82, 2.24) is 9.88 Å². The largest absolute Gasteiger partial charge is 0.868 e. The Hall–Kier alpha value is -3.39. The van der Waals surface area contributed by atoms with Crippen LogP contribution in [0.4, 0.5) is 0 Å². The Labute approximate surface area is 190 Å². The van der Waals surface area contributed by atoms with Crippen LogP contribution in [-0.2, 0) is 11.3 Å². The zero-order chi connectivity index (χ0) is 22.7. The molecule has 0 aliphatic carbocycles. The van der Waals surface area contributed by atoms with Crippen molar-refractivity contribution in [3.05, 3.63) is 82.3 Å². The second kappa shape index (κ2) is 9.40. The molecule has 2 aromatic heterocycles. The molecule has 1 aliphatic heterocycles. The lowest BCUT2D eigenvalue weighted by Crippen LogP contribution is -2.37. The normalized spacial score (nSPS) is 16.3. The number of aryl methyl sites for hydroxylation is 1. The Morgan fingerprint density at radius 2 is 2.06 bits per heavy atom. The minimum Gasteiger partial charge on any atom is -0.868 e. The second-order valence-corrected chi connectivity index (χ2v) is 8.84. The number of imidazole rings is 1. The van der Waals surface area contributed by atoms with Crippen molar-refractivity contribution in [2.24, 2.45) is 0 Å². The molecule has 166 valence electrons. The van der Waals surface area contributed by atoms with E-state index < -0.39 is 17.7 Å². The smallest absolute Gasteiger partial charge is 0.241 e. The van der Waals surface area contributed by atoms with Crippen LogP contribution >= 0.6 is 11.3 Å². The minimum absolute atomic E-state index is 0.0178. The summed E-state index contributed by atoms with van der Waals surface area (Å²) in [5, 5.41) is 14.7. The molecule has 1 unspecified atom stereocenters. The first-order valence-electron chi connectivity index (χ1n) is 10.5. The van der Waals surface area contributed by atoms with E-state index in [4.69, 9.17) is 4.74 Å². The molecular formula is C24H25N3O4S. The van der Waals surface area contributed by atoms with Gasteiger partial charge in [-0.1, -0.05) is 18.2 Å². The highest BCUT2D eigenvalue weighted by Crippen LogP contribution is 2.39. The van der Waals surface area contributed by atoms with Crippen LogP contribution in [0.15, 0.2) is 71.8 Å². The number of ether oxygens (including phenoxy) is 1. The van der Waals surface area contributed by atoms with Gasteiger partial charge in [0.15, 0.2) is 0 Å². The van der Waals surface area contributed by atoms with Gasteiger partial charge in [-0.15, -0.1) is 11.3 Å². The molecule has 1 N–H and O–H groups in total. The van der Waals surface area contributed by atoms with Crippen LogP contribution < -0.4 is 14.4 Å². The molecule has 1 amide bonds. The fraction of sp³-hybridized carbons (Fsp3) is 0.292. The van der Waals surface area contributed by atoms with E-state index >= 15 is 0 Å². The van der Waals surface area contributed by atoms with Crippen molar-refractivity contribution in [2.45, 2.75) is 39.0 Å². The van der Waals surface area contributed by atoms with Gasteiger partial charge in [0.05, 0.1) is 23.6 Å². The molecule has 1 atom stereocenters. The zero-order valence-corrected chi connectivity index (χ0v) is 18.8. The average molecular weight is 452 g/mol. The van der Waals surface area contributed by atoms with Gasteiger partial charge >= 0.3 is 0 Å². The van der Waals surface area contributed by atoms with Crippen LogP contribution in [0, 0.1) is 0 Å². The highest BCUT2D eigenvalue weighted by molar-refractivity contribution is 7.12. The summed E-state index contributed by atoms with van der Waals surface area (Å²) >= 11 is 1.27. The summed E-state index contributed by atoms with van der Waals surface area (Å²) in [6.07, 6.45) is 6.23. The number of carbonyl (C=O) groups excluding carboxylic acids is 2. The van der Waals surface area contributed by atoms with Gasteiger partial charge in [0.1, 0.15) is 18.1 Å². The fourth-order valence-electron chi connectivity index (χ4n) is 3.87. The number of Topliss-reactive ketones (excluding diaryl/α,β-unsaturated/α-hetero) is 1. The number of benzene rings is 1. The molecule has 0 fully saturated rings. The number of nitrogens with zero attached hydrogens (tertiary/aromatic N) is 2. The van der Waals surface area contributed by atoms with E-state index in [9.17, 15) is 14.7 Å². The highest BCUT2D eigenvalue weighted by atomic mass is 32.1. The van der Waals surface area contributed by atoms with Gasteiger partial charge in [-0.05, 0) is 48.7 Å². The number of nitrogens with one attached hydrogen (secondary N) is 1. The lowest BCUT2D eigenvalue weighted by Gasteiger charge is -2.27. The van der Waals surface area contributed by atoms with Crippen molar-refractivity contribution < 1.29 is 24.0 Å². The maximum absolute atomic E-state index is 13.2. The lowest BCUT2D eigenvalue weighted by molar-refractivity contribution is -0.695. The maximum Gasteiger partial charge on any atom is 0.241 e. The van der Waals surface area contributed by atoms with Crippen molar-refractivity contribution in [1.29, 1.82) is 0 Å². The topological polar surface area (TPSA) is 89.3 Å². The molecule has 0 spiro atoms. The number of hydrogen-bond acceptors (Lipinski definition) is 5. The van der Waals surface area contributed by atoms with Gasteiger partial charge in [-0.2, -0.15) is 0 Å². The van der Waals surface area contributed by atoms with Crippen LogP contribution in [0.2, 0.25) is 0 Å². The third kappa shape index (κ3) is 4.45. The molecule has 32 heavy (non-hydrogen) atoms. The Kier molecular flexibility index (Phi) is 6.41. The van der Waals surface area contributed by atoms with Gasteiger partial charge in [-0.3, -0.25) is 14.6 Å². The summed E-state index contributed by atoms with van der Waals surface area (Å²) in [6, 6.07) is 9.99. The molecule has 3 heterocycles. The van der Waals surface area contributed by atoms with Gasteiger partial charge in [-0.25, -0.2) is 4.57 Å². The lowest BCUT2D eigenvalue weighted by atomic mass is 9.95.